The van der Waals surface area contributed by atoms with Gasteiger partial charge in [-0.3, -0.25) is 9.69 Å². The number of halogens is 2. The zero-order chi connectivity index (χ0) is 26.7. The predicted molar refractivity (Wildman–Crippen MR) is 136 cm³/mol. The molecule has 4 rings (SSSR count). The van der Waals surface area contributed by atoms with Crippen LogP contribution in [0.15, 0.2) is 30.3 Å². The van der Waals surface area contributed by atoms with E-state index >= 15 is 0 Å². The first-order chi connectivity index (χ1) is 17.7. The Morgan fingerprint density at radius 2 is 1.92 bits per heavy atom. The summed E-state index contributed by atoms with van der Waals surface area (Å²) in [5.41, 5.74) is 0.275. The number of piperazine rings is 1. The molecule has 2 saturated heterocycles. The Morgan fingerprint density at radius 1 is 1.22 bits per heavy atom. The van der Waals surface area contributed by atoms with Gasteiger partial charge in [-0.2, -0.15) is 0 Å². The highest BCUT2D eigenvalue weighted by Crippen LogP contribution is 2.26. The standard InChI is InChI=1S/C27H35F2N5O3/c1-4-32(27(37)19(17-35)10-23-24(28)11-22(36)12-25(23)29)14-20-6-5-7-26(30-20)33-15-21(16-33)34-9-8-31(3)13-18(34)2/h5-7,11-12,17-19,21,36H,4,8-10,13-16H2,1-3H3/t18-,19?/m0/s1. The van der Waals surface area contributed by atoms with Crippen molar-refractivity contribution < 1.29 is 23.5 Å². The number of phenolic OH excluding ortho intramolecular Hbond substituents is 1. The molecule has 2 aliphatic rings. The van der Waals surface area contributed by atoms with Gasteiger partial charge < -0.3 is 24.6 Å². The first kappa shape index (κ1) is 26.9. The van der Waals surface area contributed by atoms with Gasteiger partial charge in [-0.15, -0.1) is 0 Å². The van der Waals surface area contributed by atoms with Crippen LogP contribution in [0.2, 0.25) is 0 Å². The molecule has 1 amide bonds. The first-order valence-corrected chi connectivity index (χ1v) is 12.8. The fraction of sp³-hybridized carbons (Fsp3) is 0.519. The van der Waals surface area contributed by atoms with Gasteiger partial charge in [0.2, 0.25) is 5.91 Å². The van der Waals surface area contributed by atoms with E-state index in [9.17, 15) is 23.5 Å². The third-order valence-corrected chi connectivity index (χ3v) is 7.41. The molecule has 1 aromatic heterocycles. The van der Waals surface area contributed by atoms with E-state index in [0.29, 0.717) is 30.6 Å². The Hall–Kier alpha value is -3.11. The largest absolute Gasteiger partial charge is 0.508 e. The Morgan fingerprint density at radius 3 is 2.54 bits per heavy atom. The molecule has 8 nitrogen and oxygen atoms in total. The normalized spacial score (nSPS) is 19.9. The molecule has 2 atom stereocenters. The van der Waals surface area contributed by atoms with Crippen molar-refractivity contribution in [2.24, 2.45) is 5.92 Å². The third-order valence-electron chi connectivity index (χ3n) is 7.41. The van der Waals surface area contributed by atoms with Crippen LogP contribution in [-0.4, -0.2) is 95.4 Å². The smallest absolute Gasteiger partial charge is 0.233 e. The Kier molecular flexibility index (Phi) is 8.39. The number of nitrogens with zero attached hydrogens (tertiary/aromatic N) is 5. The molecule has 1 N–H and O–H groups in total. The number of benzene rings is 1. The molecule has 0 spiro atoms. The number of hydrogen-bond donors (Lipinski definition) is 1. The van der Waals surface area contributed by atoms with Crippen LogP contribution in [0.1, 0.15) is 25.1 Å². The number of rotatable bonds is 9. The van der Waals surface area contributed by atoms with Gasteiger partial charge >= 0.3 is 0 Å². The first-order valence-electron chi connectivity index (χ1n) is 12.8. The fourth-order valence-electron chi connectivity index (χ4n) is 5.25. The maximum atomic E-state index is 14.2. The van der Waals surface area contributed by atoms with Gasteiger partial charge in [-0.1, -0.05) is 6.07 Å². The number of aromatic hydroxyl groups is 1. The van der Waals surface area contributed by atoms with Crippen LogP contribution in [0.5, 0.6) is 5.75 Å². The summed E-state index contributed by atoms with van der Waals surface area (Å²) >= 11 is 0. The molecule has 0 aliphatic carbocycles. The van der Waals surface area contributed by atoms with Crippen molar-refractivity contribution in [1.29, 1.82) is 0 Å². The van der Waals surface area contributed by atoms with Crippen LogP contribution in [0.3, 0.4) is 0 Å². The van der Waals surface area contributed by atoms with Gasteiger partial charge in [0, 0.05) is 69.0 Å². The monoisotopic (exact) mass is 515 g/mol. The molecule has 10 heteroatoms. The lowest BCUT2D eigenvalue weighted by molar-refractivity contribution is -0.138. The summed E-state index contributed by atoms with van der Waals surface area (Å²) in [4.78, 5) is 38.2. The van der Waals surface area contributed by atoms with Crippen molar-refractivity contribution >= 4 is 18.0 Å². The molecule has 1 unspecified atom stereocenters. The highest BCUT2D eigenvalue weighted by atomic mass is 19.1. The molecule has 37 heavy (non-hydrogen) atoms. The SMILES string of the molecule is CCN(Cc1cccc(N2CC(N3CCN(C)C[C@@H]3C)C2)n1)C(=O)C(C=O)Cc1c(F)cc(O)cc1F. The van der Waals surface area contributed by atoms with E-state index in [4.69, 9.17) is 4.98 Å². The molecule has 2 aromatic rings. The van der Waals surface area contributed by atoms with Gasteiger partial charge in [0.05, 0.1) is 18.2 Å². The maximum Gasteiger partial charge on any atom is 0.233 e. The number of anilines is 1. The lowest BCUT2D eigenvalue weighted by Crippen LogP contribution is -2.65. The maximum absolute atomic E-state index is 14.2. The van der Waals surface area contributed by atoms with Crippen LogP contribution in [0.4, 0.5) is 14.6 Å². The lowest BCUT2D eigenvalue weighted by atomic mass is 9.98. The van der Waals surface area contributed by atoms with Crippen molar-refractivity contribution in [3.05, 3.63) is 53.2 Å². The van der Waals surface area contributed by atoms with Gasteiger partial charge in [0.15, 0.2) is 0 Å². The summed E-state index contributed by atoms with van der Waals surface area (Å²) in [7, 11) is 2.15. The zero-order valence-corrected chi connectivity index (χ0v) is 21.6. The van der Waals surface area contributed by atoms with E-state index < -0.39 is 41.2 Å². The summed E-state index contributed by atoms with van der Waals surface area (Å²) < 4.78 is 28.4. The minimum atomic E-state index is -1.25. The molecule has 2 aliphatic heterocycles. The Balaban J connectivity index is 1.39. The lowest BCUT2D eigenvalue weighted by Gasteiger charge is -2.51. The average molecular weight is 516 g/mol. The number of carbonyl (C=O) groups is 2. The van der Waals surface area contributed by atoms with Crippen LogP contribution in [0.25, 0.3) is 0 Å². The van der Waals surface area contributed by atoms with E-state index in [0.717, 1.165) is 50.7 Å². The molecule has 3 heterocycles. The second-order valence-corrected chi connectivity index (χ2v) is 10.1. The molecule has 0 bridgehead atoms. The highest BCUT2D eigenvalue weighted by Gasteiger charge is 2.36. The molecule has 2 fully saturated rings. The minimum Gasteiger partial charge on any atom is -0.508 e. The summed E-state index contributed by atoms with van der Waals surface area (Å²) in [6, 6.07) is 8.23. The number of pyridine rings is 1. The van der Waals surface area contributed by atoms with E-state index in [1.54, 1.807) is 6.92 Å². The summed E-state index contributed by atoms with van der Waals surface area (Å²) in [5.74, 6) is -3.47. The highest BCUT2D eigenvalue weighted by molar-refractivity contribution is 5.92. The minimum absolute atomic E-state index is 0.181. The predicted octanol–water partition coefficient (Wildman–Crippen LogP) is 2.30. The van der Waals surface area contributed by atoms with Crippen LogP contribution in [-0.2, 0) is 22.6 Å². The Bertz CT molecular complexity index is 1100. The van der Waals surface area contributed by atoms with Gasteiger partial charge in [0.1, 0.15) is 29.5 Å². The number of aldehydes is 1. The second kappa shape index (κ2) is 11.5. The van der Waals surface area contributed by atoms with Crippen molar-refractivity contribution in [3.63, 3.8) is 0 Å². The van der Waals surface area contributed by atoms with E-state index in [1.165, 1.54) is 4.90 Å². The number of likely N-dealkylation sites (N-methyl/N-ethyl adjacent to an activating group) is 1. The van der Waals surface area contributed by atoms with E-state index in [2.05, 4.69) is 28.7 Å². The van der Waals surface area contributed by atoms with E-state index in [-0.39, 0.29) is 6.54 Å². The van der Waals surface area contributed by atoms with Crippen LogP contribution >= 0.6 is 0 Å². The molecular weight excluding hydrogens is 480 g/mol. The fourth-order valence-corrected chi connectivity index (χ4v) is 5.25. The Labute approximate surface area is 216 Å². The zero-order valence-electron chi connectivity index (χ0n) is 21.6. The summed E-state index contributed by atoms with van der Waals surface area (Å²) in [6.45, 7) is 9.54. The van der Waals surface area contributed by atoms with E-state index in [1.807, 2.05) is 18.2 Å². The molecule has 0 radical (unpaired) electrons. The average Bonchev–Trinajstić information content (AvgIpc) is 2.82. The number of aromatic nitrogens is 1. The number of amides is 1. The van der Waals surface area contributed by atoms with Crippen LogP contribution in [0, 0.1) is 17.6 Å². The second-order valence-electron chi connectivity index (χ2n) is 10.1. The number of hydrogen-bond acceptors (Lipinski definition) is 7. The van der Waals surface area contributed by atoms with Crippen LogP contribution < -0.4 is 4.90 Å². The molecule has 0 saturated carbocycles. The van der Waals surface area contributed by atoms with Gasteiger partial charge in [0.25, 0.3) is 0 Å². The summed E-state index contributed by atoms with van der Waals surface area (Å²) in [5, 5.41) is 9.36. The van der Waals surface area contributed by atoms with Crippen molar-refractivity contribution in [2.75, 3.05) is 51.2 Å². The number of carbonyl (C=O) groups excluding carboxylic acids is 2. The van der Waals surface area contributed by atoms with Crippen molar-refractivity contribution in [1.82, 2.24) is 19.7 Å². The quantitative estimate of drug-likeness (QED) is 0.406. The van der Waals surface area contributed by atoms with Gasteiger partial charge in [-0.25, -0.2) is 13.8 Å². The third kappa shape index (κ3) is 6.07. The molecule has 1 aromatic carbocycles. The van der Waals surface area contributed by atoms with Crippen molar-refractivity contribution in [3.8, 4) is 5.75 Å². The topological polar surface area (TPSA) is 80.2 Å². The molecule has 200 valence electrons. The van der Waals surface area contributed by atoms with Crippen molar-refractivity contribution in [2.45, 2.75) is 38.9 Å². The summed E-state index contributed by atoms with van der Waals surface area (Å²) in [6.07, 6.45) is -0.00966. The van der Waals surface area contributed by atoms with Gasteiger partial charge in [-0.05, 0) is 39.4 Å². The number of phenols is 1. The molecular formula is C27H35F2N5O3.